The summed E-state index contributed by atoms with van der Waals surface area (Å²) in [7, 11) is 2.70. The number of methoxy groups -OCH3 is 2. The number of hydrogen-bond donors (Lipinski definition) is 1. The van der Waals surface area contributed by atoms with Gasteiger partial charge in [-0.2, -0.15) is 0 Å². The van der Waals surface area contributed by atoms with Gasteiger partial charge in [0.1, 0.15) is 11.5 Å². The van der Waals surface area contributed by atoms with Crippen LogP contribution in [0.25, 0.3) is 0 Å². The van der Waals surface area contributed by atoms with Crippen molar-refractivity contribution in [3.63, 3.8) is 0 Å². The zero-order chi connectivity index (χ0) is 10.7. The van der Waals surface area contributed by atoms with Crippen molar-refractivity contribution in [1.29, 1.82) is 0 Å². The number of anilines is 1. The smallest absolute Gasteiger partial charge is 0.545 e. The van der Waals surface area contributed by atoms with E-state index in [9.17, 15) is 9.90 Å². The van der Waals surface area contributed by atoms with Gasteiger partial charge in [0.15, 0.2) is 0 Å². The Morgan fingerprint density at radius 1 is 1.27 bits per heavy atom. The Morgan fingerprint density at radius 3 is 1.93 bits per heavy atom. The fraction of sp³-hybridized carbons (Fsp3) is 0.222. The van der Waals surface area contributed by atoms with E-state index in [4.69, 9.17) is 15.2 Å². The van der Waals surface area contributed by atoms with Crippen molar-refractivity contribution in [3.8, 4) is 11.5 Å². The van der Waals surface area contributed by atoms with Gasteiger partial charge in [-0.25, -0.2) is 0 Å². The minimum Gasteiger partial charge on any atom is -0.545 e. The molecular weight excluding hydrogens is 209 g/mol. The van der Waals surface area contributed by atoms with Crippen LogP contribution in [-0.2, 0) is 0 Å². The first-order chi connectivity index (χ1) is 6.60. The van der Waals surface area contributed by atoms with E-state index in [0.29, 0.717) is 5.69 Å². The first-order valence-corrected chi connectivity index (χ1v) is 3.83. The molecule has 0 atom stereocenters. The molecule has 0 aliphatic rings. The van der Waals surface area contributed by atoms with Gasteiger partial charge in [-0.15, -0.1) is 0 Å². The number of carbonyl (C=O) groups is 1. The molecule has 1 aromatic rings. The normalized spacial score (nSPS) is 8.93. The van der Waals surface area contributed by atoms with Crippen LogP contribution in [0.1, 0.15) is 10.4 Å². The van der Waals surface area contributed by atoms with E-state index in [1.807, 2.05) is 0 Å². The number of carbonyl (C=O) groups excluding carboxylic acids is 1. The molecule has 5 nitrogen and oxygen atoms in total. The zero-order valence-electron chi connectivity index (χ0n) is 8.87. The molecule has 0 saturated heterocycles. The molecule has 0 heterocycles. The zero-order valence-corrected chi connectivity index (χ0v) is 10.9. The fourth-order valence-electron chi connectivity index (χ4n) is 1.13. The summed E-state index contributed by atoms with van der Waals surface area (Å²) in [4.78, 5) is 10.8. The van der Waals surface area contributed by atoms with Gasteiger partial charge in [-0.1, -0.05) is 0 Å². The number of carboxylic acids is 1. The summed E-state index contributed by atoms with van der Waals surface area (Å²) in [6.45, 7) is 0. The molecule has 0 aromatic heterocycles. The van der Waals surface area contributed by atoms with Crippen molar-refractivity contribution in [1.82, 2.24) is 0 Å². The molecule has 0 unspecified atom stereocenters. The van der Waals surface area contributed by atoms with E-state index in [-0.39, 0.29) is 46.6 Å². The first kappa shape index (κ1) is 14.1. The molecule has 1 aromatic carbocycles. The van der Waals surface area contributed by atoms with Crippen LogP contribution < -0.4 is 49.9 Å². The van der Waals surface area contributed by atoms with Crippen molar-refractivity contribution < 1.29 is 48.9 Å². The quantitative estimate of drug-likeness (QED) is 0.424. The molecule has 0 amide bonds. The second-order valence-corrected chi connectivity index (χ2v) is 2.59. The maximum absolute atomic E-state index is 10.8. The van der Waals surface area contributed by atoms with Gasteiger partial charge in [-0.05, 0) is 0 Å². The van der Waals surface area contributed by atoms with Gasteiger partial charge in [0.25, 0.3) is 0 Å². The summed E-state index contributed by atoms with van der Waals surface area (Å²) in [6.07, 6.45) is 0. The van der Waals surface area contributed by atoms with Crippen molar-refractivity contribution in [2.24, 2.45) is 0 Å². The van der Waals surface area contributed by atoms with Gasteiger partial charge >= 0.3 is 29.6 Å². The Kier molecular flexibility index (Phi) is 5.49. The molecule has 2 N–H and O–H groups in total. The van der Waals surface area contributed by atoms with E-state index in [2.05, 4.69) is 0 Å². The summed E-state index contributed by atoms with van der Waals surface area (Å²) < 4.78 is 9.70. The van der Waals surface area contributed by atoms with Crippen LogP contribution in [0.15, 0.2) is 12.1 Å². The number of rotatable bonds is 3. The molecule has 15 heavy (non-hydrogen) atoms. The fourth-order valence-corrected chi connectivity index (χ4v) is 1.13. The monoisotopic (exact) mass is 219 g/mol. The SMILES string of the molecule is COc1cc(N)cc(OC)c1C(=O)[O-].[Na+]. The third kappa shape index (κ3) is 3.02. The second kappa shape index (κ2) is 5.85. The van der Waals surface area contributed by atoms with Crippen LogP contribution in [0, 0.1) is 0 Å². The van der Waals surface area contributed by atoms with Gasteiger partial charge in [0, 0.05) is 17.8 Å². The molecule has 0 fully saturated rings. The summed E-state index contributed by atoms with van der Waals surface area (Å²) in [5, 5.41) is 10.8. The van der Waals surface area contributed by atoms with Gasteiger partial charge in [0.05, 0.1) is 25.8 Å². The van der Waals surface area contributed by atoms with Crippen LogP contribution in [0.3, 0.4) is 0 Å². The molecule has 1 rings (SSSR count). The largest absolute Gasteiger partial charge is 1.00 e. The maximum atomic E-state index is 10.8. The second-order valence-electron chi connectivity index (χ2n) is 2.59. The molecule has 0 aliphatic heterocycles. The molecule has 0 saturated carbocycles. The Hall–Kier alpha value is -0.910. The Balaban J connectivity index is 0.00000196. The van der Waals surface area contributed by atoms with Crippen LogP contribution in [-0.4, -0.2) is 20.2 Å². The predicted molar refractivity (Wildman–Crippen MR) is 48.3 cm³/mol. The van der Waals surface area contributed by atoms with Gasteiger partial charge < -0.3 is 25.1 Å². The molecule has 0 bridgehead atoms. The summed E-state index contributed by atoms with van der Waals surface area (Å²) >= 11 is 0. The number of benzene rings is 1. The Morgan fingerprint density at radius 2 is 1.67 bits per heavy atom. The van der Waals surface area contributed by atoms with E-state index < -0.39 is 5.97 Å². The Labute approximate surface area is 109 Å². The molecular formula is C9H10NNaO4. The third-order valence-electron chi connectivity index (χ3n) is 1.73. The number of carboxylic acid groups (broad SMARTS) is 1. The number of aromatic carboxylic acids is 1. The molecule has 0 aliphatic carbocycles. The van der Waals surface area contributed by atoms with Crippen LogP contribution in [0.4, 0.5) is 5.69 Å². The first-order valence-electron chi connectivity index (χ1n) is 3.83. The van der Waals surface area contributed by atoms with Crippen molar-refractivity contribution in [3.05, 3.63) is 17.7 Å². The van der Waals surface area contributed by atoms with Gasteiger partial charge in [-0.3, -0.25) is 0 Å². The standard InChI is InChI=1S/C9H11NO4.Na/c1-13-6-3-5(10)4-7(14-2)8(6)9(11)12;/h3-4H,10H2,1-2H3,(H,11,12);/q;+1/p-1. The molecule has 0 radical (unpaired) electrons. The average Bonchev–Trinajstić information content (AvgIpc) is 2.15. The average molecular weight is 219 g/mol. The van der Waals surface area contributed by atoms with E-state index >= 15 is 0 Å². The molecule has 76 valence electrons. The minimum atomic E-state index is -1.36. The number of hydrogen-bond acceptors (Lipinski definition) is 5. The predicted octanol–water partition coefficient (Wildman–Crippen LogP) is -3.35. The summed E-state index contributed by atoms with van der Waals surface area (Å²) in [5.74, 6) is -1.11. The van der Waals surface area contributed by atoms with E-state index in [1.54, 1.807) is 0 Å². The molecule has 0 spiro atoms. The summed E-state index contributed by atoms with van der Waals surface area (Å²) in [6, 6.07) is 2.79. The molecule has 6 heteroatoms. The van der Waals surface area contributed by atoms with Crippen molar-refractivity contribution in [2.45, 2.75) is 0 Å². The van der Waals surface area contributed by atoms with E-state index in [1.165, 1.54) is 26.4 Å². The number of nitrogens with two attached hydrogens (primary N) is 1. The number of ether oxygens (including phenoxy) is 2. The van der Waals surface area contributed by atoms with Crippen LogP contribution in [0.2, 0.25) is 0 Å². The van der Waals surface area contributed by atoms with Crippen molar-refractivity contribution in [2.75, 3.05) is 20.0 Å². The number of nitrogen functional groups attached to an aromatic ring is 1. The third-order valence-corrected chi connectivity index (χ3v) is 1.73. The van der Waals surface area contributed by atoms with Crippen LogP contribution >= 0.6 is 0 Å². The maximum Gasteiger partial charge on any atom is 1.00 e. The van der Waals surface area contributed by atoms with E-state index in [0.717, 1.165) is 0 Å². The summed E-state index contributed by atoms with van der Waals surface area (Å²) in [5.41, 5.74) is 5.74. The van der Waals surface area contributed by atoms with Crippen LogP contribution in [0.5, 0.6) is 11.5 Å². The minimum absolute atomic E-state index is 0. The van der Waals surface area contributed by atoms with Crippen molar-refractivity contribution >= 4 is 11.7 Å². The topological polar surface area (TPSA) is 84.6 Å². The van der Waals surface area contributed by atoms with Gasteiger partial charge in [0.2, 0.25) is 0 Å². The Bertz CT molecular complexity index is 342.